The molecule has 3 aromatic rings. The van der Waals surface area contributed by atoms with Gasteiger partial charge in [-0.25, -0.2) is 14.6 Å². The number of ether oxygens (including phenoxy) is 2. The van der Waals surface area contributed by atoms with E-state index in [-0.39, 0.29) is 18.0 Å². The van der Waals surface area contributed by atoms with Gasteiger partial charge in [-0.05, 0) is 63.8 Å². The summed E-state index contributed by atoms with van der Waals surface area (Å²) in [5.41, 5.74) is 4.98. The van der Waals surface area contributed by atoms with E-state index in [1.807, 2.05) is 88.4 Å². The Bertz CT molecular complexity index is 1450. The Morgan fingerprint density at radius 1 is 0.857 bits per heavy atom. The molecule has 1 aliphatic rings. The van der Waals surface area contributed by atoms with Crippen LogP contribution in [0.25, 0.3) is 16.8 Å². The van der Waals surface area contributed by atoms with E-state index in [4.69, 9.17) is 14.5 Å². The maximum atomic E-state index is 13.3. The Morgan fingerprint density at radius 2 is 1.52 bits per heavy atom. The van der Waals surface area contributed by atoms with Crippen molar-refractivity contribution in [3.63, 3.8) is 0 Å². The minimum absolute atomic E-state index is 0.226. The fourth-order valence-electron chi connectivity index (χ4n) is 5.12. The molecule has 0 saturated heterocycles. The van der Waals surface area contributed by atoms with Gasteiger partial charge in [0.15, 0.2) is 0 Å². The van der Waals surface area contributed by atoms with Crippen molar-refractivity contribution >= 4 is 23.5 Å². The SMILES string of the molecule is CCCCC1=NC(c2ccccc2)=C(C(=O)OCC)C(C)N1Cc1ccc(-c2ccccc2C(=O)OC(C)(C)C)cc1. The maximum absolute atomic E-state index is 13.3. The first-order chi connectivity index (χ1) is 20.1. The van der Waals surface area contributed by atoms with Crippen LogP contribution < -0.4 is 0 Å². The van der Waals surface area contributed by atoms with Crippen molar-refractivity contribution in [3.8, 4) is 11.1 Å². The van der Waals surface area contributed by atoms with Gasteiger partial charge < -0.3 is 14.4 Å². The standard InChI is InChI=1S/C36H42N2O4/c1-7-9-19-31-37-33(28-15-11-10-12-16-28)32(35(40)41-8-2)25(3)38(31)24-26-20-22-27(23-21-26)29-17-13-14-18-30(29)34(39)42-36(4,5)6/h10-18,20-23,25H,7-9,19,24H2,1-6H3. The summed E-state index contributed by atoms with van der Waals surface area (Å²) in [4.78, 5) is 33.5. The highest BCUT2D eigenvalue weighted by molar-refractivity contribution is 6.04. The third-order valence-corrected chi connectivity index (χ3v) is 7.17. The van der Waals surface area contributed by atoms with E-state index in [2.05, 4.69) is 30.9 Å². The van der Waals surface area contributed by atoms with Gasteiger partial charge >= 0.3 is 11.9 Å². The van der Waals surface area contributed by atoms with Crippen molar-refractivity contribution in [2.75, 3.05) is 6.61 Å². The van der Waals surface area contributed by atoms with Gasteiger partial charge in [-0.2, -0.15) is 0 Å². The van der Waals surface area contributed by atoms with Gasteiger partial charge in [-0.3, -0.25) is 0 Å². The van der Waals surface area contributed by atoms with Crippen molar-refractivity contribution < 1.29 is 19.1 Å². The van der Waals surface area contributed by atoms with Crippen molar-refractivity contribution in [1.82, 2.24) is 4.90 Å². The molecule has 0 aromatic heterocycles. The quantitative estimate of drug-likeness (QED) is 0.232. The molecule has 3 aromatic carbocycles. The third-order valence-electron chi connectivity index (χ3n) is 7.17. The molecule has 0 amide bonds. The number of carbonyl (C=O) groups is 2. The number of carbonyl (C=O) groups excluding carboxylic acids is 2. The van der Waals surface area contributed by atoms with E-state index in [0.717, 1.165) is 47.4 Å². The molecular weight excluding hydrogens is 524 g/mol. The van der Waals surface area contributed by atoms with Crippen LogP contribution >= 0.6 is 0 Å². The number of rotatable bonds is 10. The summed E-state index contributed by atoms with van der Waals surface area (Å²) in [5, 5.41) is 0. The van der Waals surface area contributed by atoms with Gasteiger partial charge in [0.1, 0.15) is 11.4 Å². The largest absolute Gasteiger partial charge is 0.463 e. The zero-order valence-electron chi connectivity index (χ0n) is 25.6. The molecule has 1 aliphatic heterocycles. The molecule has 1 heterocycles. The zero-order chi connectivity index (χ0) is 30.3. The Balaban J connectivity index is 1.66. The lowest BCUT2D eigenvalue weighted by Gasteiger charge is -2.37. The number of esters is 2. The lowest BCUT2D eigenvalue weighted by Crippen LogP contribution is -2.44. The minimum Gasteiger partial charge on any atom is -0.463 e. The number of hydrogen-bond acceptors (Lipinski definition) is 6. The molecule has 0 aliphatic carbocycles. The highest BCUT2D eigenvalue weighted by atomic mass is 16.6. The second-order valence-corrected chi connectivity index (χ2v) is 11.5. The Hall–Kier alpha value is -4.19. The average molecular weight is 567 g/mol. The second kappa shape index (κ2) is 13.6. The highest BCUT2D eigenvalue weighted by Crippen LogP contribution is 2.33. The normalized spacial score (nSPS) is 15.3. The molecule has 42 heavy (non-hydrogen) atoms. The number of amidine groups is 1. The van der Waals surface area contributed by atoms with E-state index in [1.54, 1.807) is 6.07 Å². The molecule has 0 fully saturated rings. The Morgan fingerprint density at radius 3 is 2.17 bits per heavy atom. The summed E-state index contributed by atoms with van der Waals surface area (Å²) in [7, 11) is 0. The minimum atomic E-state index is -0.576. The first-order valence-electron chi connectivity index (χ1n) is 14.9. The number of nitrogens with zero attached hydrogens (tertiary/aromatic N) is 2. The fourth-order valence-corrected chi connectivity index (χ4v) is 5.12. The summed E-state index contributed by atoms with van der Waals surface area (Å²) >= 11 is 0. The van der Waals surface area contributed by atoms with Gasteiger partial charge in [-0.1, -0.05) is 86.1 Å². The Kier molecular flexibility index (Phi) is 10.00. The molecule has 6 nitrogen and oxygen atoms in total. The summed E-state index contributed by atoms with van der Waals surface area (Å²) in [5.74, 6) is 0.297. The monoisotopic (exact) mass is 566 g/mol. The number of aliphatic imine (C=N–C) groups is 1. The van der Waals surface area contributed by atoms with Crippen molar-refractivity contribution in [1.29, 1.82) is 0 Å². The van der Waals surface area contributed by atoms with Crippen LogP contribution in [0.1, 0.15) is 82.3 Å². The zero-order valence-corrected chi connectivity index (χ0v) is 25.6. The van der Waals surface area contributed by atoms with Crippen LogP contribution in [0.2, 0.25) is 0 Å². The van der Waals surface area contributed by atoms with Crippen LogP contribution in [0.15, 0.2) is 89.4 Å². The predicted molar refractivity (Wildman–Crippen MR) is 169 cm³/mol. The molecule has 0 bridgehead atoms. The highest BCUT2D eigenvalue weighted by Gasteiger charge is 2.34. The third kappa shape index (κ3) is 7.35. The molecule has 0 saturated carbocycles. The van der Waals surface area contributed by atoms with E-state index >= 15 is 0 Å². The Labute approximate surface area is 250 Å². The molecule has 0 radical (unpaired) electrons. The molecule has 1 atom stereocenters. The molecule has 220 valence electrons. The molecule has 0 N–H and O–H groups in total. The van der Waals surface area contributed by atoms with E-state index in [0.29, 0.717) is 30.0 Å². The van der Waals surface area contributed by atoms with Gasteiger partial charge in [0, 0.05) is 18.5 Å². The van der Waals surface area contributed by atoms with Crippen LogP contribution in [-0.2, 0) is 20.8 Å². The number of hydrogen-bond donors (Lipinski definition) is 0. The predicted octanol–water partition coefficient (Wildman–Crippen LogP) is 8.08. The van der Waals surface area contributed by atoms with Gasteiger partial charge in [0.25, 0.3) is 0 Å². The summed E-state index contributed by atoms with van der Waals surface area (Å²) < 4.78 is 11.2. The van der Waals surface area contributed by atoms with Crippen LogP contribution in [0.5, 0.6) is 0 Å². The molecular formula is C36H42N2O4. The van der Waals surface area contributed by atoms with Crippen LogP contribution in [0, 0.1) is 0 Å². The van der Waals surface area contributed by atoms with Crippen LogP contribution in [0.3, 0.4) is 0 Å². The topological polar surface area (TPSA) is 68.2 Å². The fraction of sp³-hybridized carbons (Fsp3) is 0.361. The molecule has 6 heteroatoms. The molecule has 1 unspecified atom stereocenters. The first kappa shape index (κ1) is 30.8. The average Bonchev–Trinajstić information content (AvgIpc) is 2.97. The number of benzene rings is 3. The molecule has 0 spiro atoms. The van der Waals surface area contributed by atoms with Gasteiger partial charge in [0.2, 0.25) is 0 Å². The molecule has 4 rings (SSSR count). The lowest BCUT2D eigenvalue weighted by atomic mass is 9.95. The van der Waals surface area contributed by atoms with Gasteiger partial charge in [0.05, 0.1) is 29.5 Å². The lowest BCUT2D eigenvalue weighted by molar-refractivity contribution is -0.139. The summed E-state index contributed by atoms with van der Waals surface area (Å²) in [6.07, 6.45) is 2.86. The van der Waals surface area contributed by atoms with Crippen LogP contribution in [-0.4, -0.2) is 40.9 Å². The van der Waals surface area contributed by atoms with Crippen molar-refractivity contribution in [2.24, 2.45) is 4.99 Å². The summed E-state index contributed by atoms with van der Waals surface area (Å²) in [6.45, 7) is 12.5. The smallest absolute Gasteiger partial charge is 0.339 e. The maximum Gasteiger partial charge on any atom is 0.339 e. The first-order valence-corrected chi connectivity index (χ1v) is 14.9. The summed E-state index contributed by atoms with van der Waals surface area (Å²) in [6, 6.07) is 25.4. The number of unbranched alkanes of at least 4 members (excludes halogenated alkanes) is 1. The van der Waals surface area contributed by atoms with E-state index in [9.17, 15) is 9.59 Å². The second-order valence-electron chi connectivity index (χ2n) is 11.5. The van der Waals surface area contributed by atoms with E-state index < -0.39 is 5.60 Å². The van der Waals surface area contributed by atoms with Gasteiger partial charge in [-0.15, -0.1) is 0 Å². The van der Waals surface area contributed by atoms with Crippen LogP contribution in [0.4, 0.5) is 0 Å². The van der Waals surface area contributed by atoms with E-state index in [1.165, 1.54) is 0 Å². The van der Waals surface area contributed by atoms with Crippen molar-refractivity contribution in [3.05, 3.63) is 101 Å². The van der Waals surface area contributed by atoms with Crippen molar-refractivity contribution in [2.45, 2.75) is 79.0 Å².